The van der Waals surface area contributed by atoms with Crippen LogP contribution < -0.4 is 0 Å². The smallest absolute Gasteiger partial charge is 0.178 e. The summed E-state index contributed by atoms with van der Waals surface area (Å²) in [5.74, 6) is -0.0304. The molecule has 1 heterocycles. The predicted octanol–water partition coefficient (Wildman–Crippen LogP) is 1.23. The molecule has 2 aromatic rings. The second-order valence-corrected chi connectivity index (χ2v) is 3.37. The highest BCUT2D eigenvalue weighted by Gasteiger charge is 2.13. The molecule has 4 nitrogen and oxygen atoms in total. The lowest BCUT2D eigenvalue weighted by molar-refractivity contribution is 0.100. The van der Waals surface area contributed by atoms with Crippen molar-refractivity contribution in [2.45, 2.75) is 13.5 Å². The quantitative estimate of drug-likeness (QED) is 0.765. The topological polar surface area (TPSA) is 55.1 Å². The van der Waals surface area contributed by atoms with Gasteiger partial charge in [0.25, 0.3) is 0 Å². The summed E-state index contributed by atoms with van der Waals surface area (Å²) in [5, 5.41) is 14.0. The van der Waals surface area contributed by atoms with Crippen LogP contribution in [0.5, 0.6) is 0 Å². The highest BCUT2D eigenvalue weighted by atomic mass is 16.3. The zero-order valence-corrected chi connectivity index (χ0v) is 8.47. The monoisotopic (exact) mass is 204 g/mol. The first-order valence-corrected chi connectivity index (χ1v) is 4.81. The number of carbonyl (C=O) groups is 1. The summed E-state index contributed by atoms with van der Waals surface area (Å²) in [7, 11) is 0. The van der Waals surface area contributed by atoms with Crippen molar-refractivity contribution in [2.75, 3.05) is 6.61 Å². The molecule has 0 saturated carbocycles. The summed E-state index contributed by atoms with van der Waals surface area (Å²) in [4.78, 5) is 11.5. The van der Waals surface area contributed by atoms with Crippen LogP contribution in [0.3, 0.4) is 0 Å². The number of rotatable bonds is 3. The minimum Gasteiger partial charge on any atom is -0.394 e. The number of hydrogen-bond donors (Lipinski definition) is 1. The van der Waals surface area contributed by atoms with Crippen LogP contribution in [-0.4, -0.2) is 27.3 Å². The Bertz CT molecular complexity index is 502. The molecular weight excluding hydrogens is 192 g/mol. The number of fused-ring (bicyclic) bond motifs is 1. The van der Waals surface area contributed by atoms with Crippen LogP contribution in [0.1, 0.15) is 17.4 Å². The van der Waals surface area contributed by atoms with Crippen LogP contribution in [0.4, 0.5) is 0 Å². The number of aromatic nitrogens is 2. The van der Waals surface area contributed by atoms with Gasteiger partial charge >= 0.3 is 0 Å². The van der Waals surface area contributed by atoms with E-state index in [9.17, 15) is 4.79 Å². The Morgan fingerprint density at radius 3 is 2.87 bits per heavy atom. The third-order valence-corrected chi connectivity index (χ3v) is 2.29. The molecule has 0 aliphatic carbocycles. The molecule has 1 aromatic heterocycles. The van der Waals surface area contributed by atoms with Crippen molar-refractivity contribution in [1.29, 1.82) is 0 Å². The molecule has 1 N–H and O–H groups in total. The molecule has 0 atom stereocenters. The number of Topliss-reactive ketones (excluding diaryl/α,β-unsaturated/α-hetero) is 1. The maximum atomic E-state index is 11.5. The Kier molecular flexibility index (Phi) is 2.51. The van der Waals surface area contributed by atoms with Crippen molar-refractivity contribution in [3.05, 3.63) is 30.0 Å². The Labute approximate surface area is 87.1 Å². The van der Waals surface area contributed by atoms with Gasteiger partial charge in [-0.2, -0.15) is 5.10 Å². The molecule has 0 radical (unpaired) electrons. The van der Waals surface area contributed by atoms with E-state index in [4.69, 9.17) is 5.11 Å². The number of benzene rings is 1. The molecule has 2 rings (SSSR count). The number of ketones is 1. The van der Waals surface area contributed by atoms with Gasteiger partial charge < -0.3 is 5.11 Å². The average Bonchev–Trinajstić information content (AvgIpc) is 2.56. The molecule has 78 valence electrons. The first-order chi connectivity index (χ1) is 7.24. The van der Waals surface area contributed by atoms with E-state index in [0.717, 1.165) is 10.9 Å². The van der Waals surface area contributed by atoms with Crippen molar-refractivity contribution in [3.8, 4) is 0 Å². The van der Waals surface area contributed by atoms with Crippen LogP contribution in [-0.2, 0) is 6.54 Å². The molecule has 0 aliphatic heterocycles. The maximum absolute atomic E-state index is 11.5. The number of aliphatic hydroxyl groups excluding tert-OH is 1. The fourth-order valence-corrected chi connectivity index (χ4v) is 1.71. The fourth-order valence-electron chi connectivity index (χ4n) is 1.71. The van der Waals surface area contributed by atoms with Crippen LogP contribution in [0.25, 0.3) is 10.9 Å². The summed E-state index contributed by atoms with van der Waals surface area (Å²) >= 11 is 0. The van der Waals surface area contributed by atoms with Gasteiger partial charge in [-0.25, -0.2) is 0 Å². The highest BCUT2D eigenvalue weighted by molar-refractivity contribution is 6.04. The summed E-state index contributed by atoms with van der Waals surface area (Å²) in [6.45, 7) is 1.84. The van der Waals surface area contributed by atoms with E-state index in [1.54, 1.807) is 4.68 Å². The Hall–Kier alpha value is -1.68. The van der Waals surface area contributed by atoms with Gasteiger partial charge in [0.1, 0.15) is 5.69 Å². The molecule has 0 bridgehead atoms. The molecule has 15 heavy (non-hydrogen) atoms. The molecule has 0 aliphatic rings. The van der Waals surface area contributed by atoms with E-state index in [2.05, 4.69) is 5.10 Å². The first-order valence-electron chi connectivity index (χ1n) is 4.81. The van der Waals surface area contributed by atoms with Crippen LogP contribution in [0.15, 0.2) is 24.3 Å². The van der Waals surface area contributed by atoms with E-state index >= 15 is 0 Å². The van der Waals surface area contributed by atoms with E-state index in [0.29, 0.717) is 12.2 Å². The van der Waals surface area contributed by atoms with Gasteiger partial charge in [-0.1, -0.05) is 18.2 Å². The lowest BCUT2D eigenvalue weighted by Gasteiger charge is -2.01. The van der Waals surface area contributed by atoms with Gasteiger partial charge in [-0.05, 0) is 6.07 Å². The van der Waals surface area contributed by atoms with Gasteiger partial charge in [0.05, 0.1) is 18.7 Å². The lowest BCUT2D eigenvalue weighted by atomic mass is 10.1. The largest absolute Gasteiger partial charge is 0.394 e. The van der Waals surface area contributed by atoms with Gasteiger partial charge in [-0.15, -0.1) is 0 Å². The van der Waals surface area contributed by atoms with E-state index < -0.39 is 0 Å². The zero-order chi connectivity index (χ0) is 10.8. The molecule has 4 heteroatoms. The van der Waals surface area contributed by atoms with Gasteiger partial charge in [-0.3, -0.25) is 9.48 Å². The summed E-state index contributed by atoms with van der Waals surface area (Å²) in [6, 6.07) is 7.48. The Morgan fingerprint density at radius 2 is 2.20 bits per heavy atom. The Balaban J connectivity index is 2.69. The van der Waals surface area contributed by atoms with Crippen LogP contribution in [0.2, 0.25) is 0 Å². The third-order valence-electron chi connectivity index (χ3n) is 2.29. The second kappa shape index (κ2) is 3.82. The maximum Gasteiger partial charge on any atom is 0.178 e. The molecule has 0 saturated heterocycles. The predicted molar refractivity (Wildman–Crippen MR) is 56.8 cm³/mol. The summed E-state index contributed by atoms with van der Waals surface area (Å²) in [5.41, 5.74) is 1.36. The number of hydrogen-bond acceptors (Lipinski definition) is 3. The number of carbonyl (C=O) groups excluding carboxylic acids is 1. The molecule has 0 unspecified atom stereocenters. The fraction of sp³-hybridized carbons (Fsp3) is 0.273. The van der Waals surface area contributed by atoms with Gasteiger partial charge in [0.15, 0.2) is 5.78 Å². The zero-order valence-electron chi connectivity index (χ0n) is 8.47. The summed E-state index contributed by atoms with van der Waals surface area (Å²) < 4.78 is 1.56. The number of nitrogens with zero attached hydrogens (tertiary/aromatic N) is 2. The van der Waals surface area contributed by atoms with E-state index in [-0.39, 0.29) is 12.4 Å². The third kappa shape index (κ3) is 1.64. The SMILES string of the molecule is CC(=O)c1c2ccccc2nn1CCO. The Morgan fingerprint density at radius 1 is 1.47 bits per heavy atom. The van der Waals surface area contributed by atoms with Gasteiger partial charge in [0, 0.05) is 12.3 Å². The summed E-state index contributed by atoms with van der Waals surface area (Å²) in [6.07, 6.45) is 0. The minimum absolute atomic E-state index is 0.0196. The first kappa shape index (κ1) is 9.86. The van der Waals surface area contributed by atoms with Gasteiger partial charge in [0.2, 0.25) is 0 Å². The van der Waals surface area contributed by atoms with Crippen molar-refractivity contribution in [3.63, 3.8) is 0 Å². The minimum atomic E-state index is -0.0304. The van der Waals surface area contributed by atoms with Crippen molar-refractivity contribution in [2.24, 2.45) is 0 Å². The second-order valence-electron chi connectivity index (χ2n) is 3.37. The van der Waals surface area contributed by atoms with Crippen molar-refractivity contribution in [1.82, 2.24) is 9.78 Å². The lowest BCUT2D eigenvalue weighted by Crippen LogP contribution is -2.10. The highest BCUT2D eigenvalue weighted by Crippen LogP contribution is 2.18. The normalized spacial score (nSPS) is 10.8. The molecule has 0 amide bonds. The van der Waals surface area contributed by atoms with E-state index in [1.165, 1.54) is 6.92 Å². The number of aliphatic hydroxyl groups is 1. The van der Waals surface area contributed by atoms with Crippen LogP contribution in [0, 0.1) is 0 Å². The van der Waals surface area contributed by atoms with Crippen LogP contribution >= 0.6 is 0 Å². The van der Waals surface area contributed by atoms with Crippen molar-refractivity contribution >= 4 is 16.7 Å². The van der Waals surface area contributed by atoms with E-state index in [1.807, 2.05) is 24.3 Å². The molecule has 0 fully saturated rings. The van der Waals surface area contributed by atoms with Crippen molar-refractivity contribution < 1.29 is 9.90 Å². The standard InChI is InChI=1S/C11H12N2O2/c1-8(15)11-9-4-2-3-5-10(9)12-13(11)6-7-14/h2-5,14H,6-7H2,1H3. The molecule has 0 spiro atoms. The molecule has 1 aromatic carbocycles. The average molecular weight is 204 g/mol. The molecular formula is C11H12N2O2.